The number of hydrogen-bond acceptors (Lipinski definition) is 8. The number of carbonyl (C=O) groups excluding carboxylic acids is 2. The molecule has 0 aromatic heterocycles. The van der Waals surface area contributed by atoms with Crippen molar-refractivity contribution in [1.82, 2.24) is 14.5 Å². The standard InChI is InChI=1S/C41H55ClN4O6S/c1-27-6-5-14-41(22-36(41)40(48)46-17-16-44-18-19-51-26-34(44)24-46)35-12-9-31(35)23-45-15-4-3-7-29-20-33(42)11-8-32(29)25-52-38-13-10-30(21-37(38)45)39(47)43-53(49,50)28(27)2/h8,10-11,13,20-21,27-28,31,34-36H,3-7,9,12,14-19,22-26H2,1-2H3,(H,43,47)/t27-,28+,31-,34+,35+,36+,41+/m0/s1. The maximum Gasteiger partial charge on any atom is 0.264 e. The number of amides is 2. The lowest BCUT2D eigenvalue weighted by Crippen LogP contribution is -2.59. The summed E-state index contributed by atoms with van der Waals surface area (Å²) < 4.78 is 41.9. The fourth-order valence-electron chi connectivity index (χ4n) is 10.2. The summed E-state index contributed by atoms with van der Waals surface area (Å²) in [6.07, 6.45) is 8.44. The van der Waals surface area contributed by atoms with Crippen LogP contribution >= 0.6 is 11.6 Å². The third-order valence-corrected chi connectivity index (χ3v) is 16.0. The molecule has 53 heavy (non-hydrogen) atoms. The Morgan fingerprint density at radius 3 is 2.66 bits per heavy atom. The van der Waals surface area contributed by atoms with E-state index in [1.165, 1.54) is 5.56 Å². The van der Waals surface area contributed by atoms with Crippen molar-refractivity contribution < 1.29 is 27.5 Å². The lowest BCUT2D eigenvalue weighted by molar-refractivity contribution is -0.140. The number of hydrogen-bond donors (Lipinski definition) is 1. The smallest absolute Gasteiger partial charge is 0.264 e. The third kappa shape index (κ3) is 7.44. The fourth-order valence-corrected chi connectivity index (χ4v) is 11.7. The highest BCUT2D eigenvalue weighted by molar-refractivity contribution is 7.90. The van der Waals surface area contributed by atoms with Crippen LogP contribution in [-0.2, 0) is 32.6 Å². The summed E-state index contributed by atoms with van der Waals surface area (Å²) in [5, 5.41) is -0.0304. The van der Waals surface area contributed by atoms with Crippen molar-refractivity contribution in [3.05, 3.63) is 58.1 Å². The number of nitrogens with zero attached hydrogens (tertiary/aromatic N) is 3. The Kier molecular flexibility index (Phi) is 10.5. The van der Waals surface area contributed by atoms with Crippen LogP contribution in [0.15, 0.2) is 36.4 Å². The molecule has 2 aliphatic carbocycles. The van der Waals surface area contributed by atoms with Gasteiger partial charge in [0, 0.05) is 55.8 Å². The van der Waals surface area contributed by atoms with E-state index in [2.05, 4.69) is 19.4 Å². The normalized spacial score (nSPS) is 33.5. The quantitative estimate of drug-likeness (QED) is 0.382. The highest BCUT2D eigenvalue weighted by atomic mass is 35.5. The Morgan fingerprint density at radius 1 is 0.962 bits per heavy atom. The summed E-state index contributed by atoms with van der Waals surface area (Å²) >= 11 is 6.40. The summed E-state index contributed by atoms with van der Waals surface area (Å²) in [5.74, 6) is 1.05. The van der Waals surface area contributed by atoms with Gasteiger partial charge < -0.3 is 19.3 Å². The Labute approximate surface area is 319 Å². The van der Waals surface area contributed by atoms with E-state index < -0.39 is 21.2 Å². The number of rotatable bonds is 1. The molecule has 288 valence electrons. The zero-order chi connectivity index (χ0) is 36.9. The van der Waals surface area contributed by atoms with Gasteiger partial charge in [0.05, 0.1) is 30.2 Å². The molecule has 0 radical (unpaired) electrons. The van der Waals surface area contributed by atoms with Gasteiger partial charge in [-0.3, -0.25) is 14.5 Å². The summed E-state index contributed by atoms with van der Waals surface area (Å²) in [4.78, 5) is 35.0. The predicted octanol–water partition coefficient (Wildman–Crippen LogP) is 5.91. The second kappa shape index (κ2) is 15.0. The number of aryl methyl sites for hydroxylation is 1. The van der Waals surface area contributed by atoms with Crippen LogP contribution in [0.25, 0.3) is 0 Å². The number of halogens is 1. The van der Waals surface area contributed by atoms with Crippen LogP contribution in [-0.4, -0.2) is 93.8 Å². The molecule has 12 heteroatoms. The molecule has 10 nitrogen and oxygen atoms in total. The predicted molar refractivity (Wildman–Crippen MR) is 206 cm³/mol. The lowest BCUT2D eigenvalue weighted by Gasteiger charge is -2.47. The molecule has 2 bridgehead atoms. The van der Waals surface area contributed by atoms with Crippen LogP contribution < -0.4 is 14.4 Å². The van der Waals surface area contributed by atoms with E-state index in [1.807, 2.05) is 37.3 Å². The van der Waals surface area contributed by atoms with Crippen molar-refractivity contribution in [2.75, 3.05) is 57.4 Å². The van der Waals surface area contributed by atoms with Crippen LogP contribution in [0.1, 0.15) is 86.7 Å². The molecule has 4 heterocycles. The molecule has 6 aliphatic rings. The zero-order valence-corrected chi connectivity index (χ0v) is 32.8. The highest BCUT2D eigenvalue weighted by Gasteiger charge is 2.65. The van der Waals surface area contributed by atoms with E-state index in [1.54, 1.807) is 13.0 Å². The zero-order valence-electron chi connectivity index (χ0n) is 31.2. The first-order valence-corrected chi connectivity index (χ1v) is 21.9. The molecule has 7 atom stereocenters. The number of anilines is 1. The Balaban J connectivity index is 1.11. The summed E-state index contributed by atoms with van der Waals surface area (Å²) in [7, 11) is -3.94. The molecule has 2 saturated carbocycles. The van der Waals surface area contributed by atoms with Gasteiger partial charge in [0.15, 0.2) is 0 Å². The number of fused-ring (bicyclic) bond motifs is 5. The number of nitrogens with one attached hydrogen (secondary N) is 1. The van der Waals surface area contributed by atoms with Gasteiger partial charge in [-0.25, -0.2) is 13.1 Å². The first-order chi connectivity index (χ1) is 25.5. The van der Waals surface area contributed by atoms with Crippen molar-refractivity contribution in [2.24, 2.45) is 29.1 Å². The van der Waals surface area contributed by atoms with Crippen molar-refractivity contribution in [3.8, 4) is 5.75 Å². The second-order valence-electron chi connectivity index (χ2n) is 16.8. The molecule has 1 spiro atoms. The van der Waals surface area contributed by atoms with E-state index in [0.717, 1.165) is 115 Å². The van der Waals surface area contributed by atoms with Crippen LogP contribution in [0.3, 0.4) is 0 Å². The summed E-state index contributed by atoms with van der Waals surface area (Å²) in [6, 6.07) is 11.5. The van der Waals surface area contributed by atoms with Gasteiger partial charge in [-0.05, 0) is 123 Å². The number of benzene rings is 2. The minimum atomic E-state index is -3.94. The number of piperazine rings is 1. The van der Waals surface area contributed by atoms with E-state index in [-0.39, 0.29) is 23.3 Å². The summed E-state index contributed by atoms with van der Waals surface area (Å²) in [6.45, 7) is 10.4. The minimum Gasteiger partial charge on any atom is -0.487 e. The highest BCUT2D eigenvalue weighted by Crippen LogP contribution is 2.68. The maximum atomic E-state index is 14.4. The second-order valence-corrected chi connectivity index (χ2v) is 19.3. The number of carbonyl (C=O) groups is 2. The first kappa shape index (κ1) is 37.1. The van der Waals surface area contributed by atoms with E-state index >= 15 is 0 Å². The van der Waals surface area contributed by atoms with Gasteiger partial charge in [-0.1, -0.05) is 31.0 Å². The Morgan fingerprint density at radius 2 is 1.83 bits per heavy atom. The number of morpholine rings is 1. The van der Waals surface area contributed by atoms with Crippen LogP contribution in [0.2, 0.25) is 5.02 Å². The van der Waals surface area contributed by atoms with Crippen molar-refractivity contribution in [2.45, 2.75) is 89.5 Å². The number of sulfonamides is 1. The van der Waals surface area contributed by atoms with Gasteiger partial charge in [-0.15, -0.1) is 0 Å². The largest absolute Gasteiger partial charge is 0.487 e. The van der Waals surface area contributed by atoms with Crippen LogP contribution in [0.5, 0.6) is 5.75 Å². The van der Waals surface area contributed by atoms with Gasteiger partial charge in [0.2, 0.25) is 15.9 Å². The SMILES string of the molecule is C[C@@H]1[C@@H](C)CCC[C@@]2(C[C@@H]2C(=O)N2CCN3CCOC[C@H]3C2)[C@@H]2CC[C@H]2CN2CCCCc3cc(Cl)ccc3COc3ccc(cc32)C(=O)NS1(=O)=O. The van der Waals surface area contributed by atoms with Gasteiger partial charge >= 0.3 is 0 Å². The van der Waals surface area contributed by atoms with E-state index in [4.69, 9.17) is 21.1 Å². The molecule has 8 rings (SSSR count). The monoisotopic (exact) mass is 766 g/mol. The van der Waals surface area contributed by atoms with Crippen LogP contribution in [0.4, 0.5) is 5.69 Å². The molecule has 4 fully saturated rings. The summed E-state index contributed by atoms with van der Waals surface area (Å²) in [5.41, 5.74) is 3.32. The van der Waals surface area contributed by atoms with Crippen LogP contribution in [0, 0.1) is 29.1 Å². The van der Waals surface area contributed by atoms with Crippen molar-refractivity contribution >= 4 is 39.1 Å². The van der Waals surface area contributed by atoms with Gasteiger partial charge in [0.25, 0.3) is 5.91 Å². The van der Waals surface area contributed by atoms with Crippen molar-refractivity contribution in [3.63, 3.8) is 0 Å². The molecule has 2 aromatic rings. The lowest BCUT2D eigenvalue weighted by atomic mass is 9.62. The molecule has 4 aliphatic heterocycles. The third-order valence-electron chi connectivity index (χ3n) is 13.8. The first-order valence-electron chi connectivity index (χ1n) is 20.0. The number of ether oxygens (including phenoxy) is 2. The minimum absolute atomic E-state index is 0.0103. The molecule has 2 aromatic carbocycles. The van der Waals surface area contributed by atoms with Gasteiger partial charge in [-0.2, -0.15) is 0 Å². The average Bonchev–Trinajstić information content (AvgIpc) is 3.86. The van der Waals surface area contributed by atoms with E-state index in [0.29, 0.717) is 47.3 Å². The molecule has 2 saturated heterocycles. The molecule has 1 N–H and O–H groups in total. The van der Waals surface area contributed by atoms with Gasteiger partial charge in [0.1, 0.15) is 12.4 Å². The molecular weight excluding hydrogens is 712 g/mol. The Bertz CT molecular complexity index is 1820. The maximum absolute atomic E-state index is 14.4. The Hall–Kier alpha value is -2.86. The van der Waals surface area contributed by atoms with E-state index in [9.17, 15) is 18.0 Å². The van der Waals surface area contributed by atoms with Crippen molar-refractivity contribution in [1.29, 1.82) is 0 Å². The molecule has 2 amide bonds. The topological polar surface area (TPSA) is 108 Å². The molecular formula is C41H55ClN4O6S. The fraction of sp³-hybridized carbons (Fsp3) is 0.659. The average molecular weight is 767 g/mol. The molecule has 0 unspecified atom stereocenters.